The van der Waals surface area contributed by atoms with Crippen LogP contribution in [0.5, 0.6) is 0 Å². The van der Waals surface area contributed by atoms with Crippen molar-refractivity contribution in [1.29, 1.82) is 0 Å². The fourth-order valence-corrected chi connectivity index (χ4v) is 16.2. The van der Waals surface area contributed by atoms with Crippen molar-refractivity contribution in [2.75, 3.05) is 39.0 Å². The van der Waals surface area contributed by atoms with E-state index in [1.165, 1.54) is 74.3 Å². The predicted octanol–water partition coefficient (Wildman–Crippen LogP) is 8.20. The van der Waals surface area contributed by atoms with Crippen molar-refractivity contribution in [3.63, 3.8) is 0 Å². The smallest absolute Gasteiger partial charge is 0.312 e. The van der Waals surface area contributed by atoms with E-state index < -0.39 is 21.2 Å². The fourth-order valence-electron chi connectivity index (χ4n) is 15.2. The Bertz CT molecular complexity index is 1640. The van der Waals surface area contributed by atoms with Gasteiger partial charge >= 0.3 is 5.97 Å². The monoisotopic (exact) mass is 753 g/mol. The first-order chi connectivity index (χ1) is 24.8. The quantitative estimate of drug-likeness (QED) is 0.204. The van der Waals surface area contributed by atoms with E-state index in [1.807, 2.05) is 0 Å². The number of rotatable bonds is 9. The molecule has 0 amide bonds. The van der Waals surface area contributed by atoms with Crippen molar-refractivity contribution in [3.05, 3.63) is 35.5 Å². The van der Waals surface area contributed by atoms with E-state index in [9.17, 15) is 23.4 Å². The third-order valence-electron chi connectivity index (χ3n) is 18.4. The minimum Gasteiger partial charge on any atom is -0.481 e. The molecule has 1 aliphatic heterocycles. The largest absolute Gasteiger partial charge is 0.481 e. The number of hydrogen-bond donors (Lipinski definition) is 3. The molecule has 1 heterocycles. The fraction of sp³-hybridized carbons (Fsp3) is 0.844. The first-order valence-electron chi connectivity index (χ1n) is 21.3. The van der Waals surface area contributed by atoms with Gasteiger partial charge in [0.25, 0.3) is 0 Å². The van der Waals surface area contributed by atoms with Gasteiger partial charge in [0, 0.05) is 24.9 Å². The number of aliphatic hydroxyl groups is 1. The molecule has 0 spiro atoms. The second kappa shape index (κ2) is 13.6. The number of aliphatic carboxylic acids is 1. The van der Waals surface area contributed by atoms with Gasteiger partial charge in [-0.05, 0) is 172 Å². The molecule has 3 N–H and O–H groups in total. The first kappa shape index (κ1) is 39.7. The number of sulfone groups is 1. The Morgan fingerprint density at radius 3 is 2.23 bits per heavy atom. The predicted molar refractivity (Wildman–Crippen MR) is 214 cm³/mol. The van der Waals surface area contributed by atoms with Gasteiger partial charge in [-0.3, -0.25) is 4.79 Å². The van der Waals surface area contributed by atoms with Crippen molar-refractivity contribution in [3.8, 4) is 0 Å². The Kier molecular flexibility index (Phi) is 10.2. The summed E-state index contributed by atoms with van der Waals surface area (Å²) < 4.78 is 24.3. The van der Waals surface area contributed by atoms with Gasteiger partial charge in [0.05, 0.1) is 17.3 Å². The molecular formula is C45H72N2O5S. The van der Waals surface area contributed by atoms with Crippen LogP contribution in [0, 0.1) is 56.7 Å². The van der Waals surface area contributed by atoms with Gasteiger partial charge in [0.2, 0.25) is 0 Å². The maximum atomic E-state index is 12.1. The van der Waals surface area contributed by atoms with Crippen LogP contribution in [-0.4, -0.2) is 79.3 Å². The van der Waals surface area contributed by atoms with Gasteiger partial charge in [-0.2, -0.15) is 0 Å². The zero-order chi connectivity index (χ0) is 38.4. The second-order valence-corrected chi connectivity index (χ2v) is 23.2. The maximum absolute atomic E-state index is 12.1. The summed E-state index contributed by atoms with van der Waals surface area (Å²) in [6.45, 7) is 23.4. The Hall–Kier alpha value is -1.48. The molecule has 6 aliphatic carbocycles. The Morgan fingerprint density at radius 1 is 0.906 bits per heavy atom. The van der Waals surface area contributed by atoms with Crippen LogP contribution in [0.25, 0.3) is 0 Å². The molecule has 0 aromatic rings. The van der Waals surface area contributed by atoms with E-state index in [0.717, 1.165) is 51.9 Å². The van der Waals surface area contributed by atoms with Crippen LogP contribution in [-0.2, 0) is 14.6 Å². The second-order valence-electron chi connectivity index (χ2n) is 20.9. The highest BCUT2D eigenvalue weighted by atomic mass is 32.2. The number of likely N-dealkylation sites (tertiary alicyclic amines) is 1. The average Bonchev–Trinajstić information content (AvgIpc) is 3.48. The van der Waals surface area contributed by atoms with E-state index in [0.29, 0.717) is 42.4 Å². The van der Waals surface area contributed by atoms with Crippen LogP contribution < -0.4 is 5.32 Å². The summed E-state index contributed by atoms with van der Waals surface area (Å²) in [4.78, 5) is 14.6. The summed E-state index contributed by atoms with van der Waals surface area (Å²) in [6.07, 6.45) is 20.5. The molecule has 0 aromatic heterocycles. The minimum absolute atomic E-state index is 0.0164. The molecule has 4 saturated carbocycles. The Balaban J connectivity index is 1.11. The minimum atomic E-state index is -2.95. The maximum Gasteiger partial charge on any atom is 0.312 e. The van der Waals surface area contributed by atoms with Crippen LogP contribution in [0.2, 0.25) is 0 Å². The number of piperidine rings is 1. The molecule has 0 radical (unpaired) electrons. The van der Waals surface area contributed by atoms with Crippen molar-refractivity contribution in [2.24, 2.45) is 56.7 Å². The van der Waals surface area contributed by atoms with Gasteiger partial charge in [-0.25, -0.2) is 8.42 Å². The van der Waals surface area contributed by atoms with Gasteiger partial charge in [-0.15, -0.1) is 0 Å². The van der Waals surface area contributed by atoms with E-state index in [2.05, 4.69) is 70.5 Å². The number of carboxylic acid groups (broad SMARTS) is 1. The summed E-state index contributed by atoms with van der Waals surface area (Å²) in [7, 11) is -2.95. The van der Waals surface area contributed by atoms with Gasteiger partial charge in [-0.1, -0.05) is 58.9 Å². The number of aliphatic hydroxyl groups excluding tert-OH is 1. The van der Waals surface area contributed by atoms with Crippen LogP contribution in [0.3, 0.4) is 0 Å². The number of nitrogens with zero attached hydrogens (tertiary/aromatic N) is 1. The van der Waals surface area contributed by atoms with Crippen molar-refractivity contribution < 1.29 is 23.4 Å². The summed E-state index contributed by atoms with van der Waals surface area (Å²) in [5.74, 6) is 2.24. The van der Waals surface area contributed by atoms with Gasteiger partial charge < -0.3 is 20.4 Å². The third kappa shape index (κ3) is 6.11. The molecule has 10 atom stereocenters. The topological polar surface area (TPSA) is 107 Å². The first-order valence-corrected chi connectivity index (χ1v) is 23.3. The van der Waals surface area contributed by atoms with Crippen molar-refractivity contribution >= 4 is 15.8 Å². The number of carbonyl (C=O) groups is 1. The molecule has 298 valence electrons. The van der Waals surface area contributed by atoms with Gasteiger partial charge in [0.1, 0.15) is 9.84 Å². The molecule has 5 fully saturated rings. The Labute approximate surface area is 321 Å². The molecular weight excluding hydrogens is 681 g/mol. The molecule has 53 heavy (non-hydrogen) atoms. The highest BCUT2D eigenvalue weighted by Crippen LogP contribution is 2.76. The van der Waals surface area contributed by atoms with E-state index in [-0.39, 0.29) is 39.1 Å². The number of hydrogen-bond acceptors (Lipinski definition) is 6. The highest BCUT2D eigenvalue weighted by Gasteiger charge is 2.70. The SMILES string of the molecule is C=C(C)[C@@H]1CC[C@]2(NCCN3CCC(S(C)(=O)=O)CC3)CC[C@]3(C)[C@H](CC[C@@H]4[C@@]5(C)CC=C(C6=CCC(CO)(C(=O)O)CC6)C(C)(C)[C@@H]5CC[C@]43C)[C@@H]12. The number of allylic oxidation sites excluding steroid dienone is 5. The van der Waals surface area contributed by atoms with Gasteiger partial charge in [0.15, 0.2) is 0 Å². The zero-order valence-electron chi connectivity index (χ0n) is 34.2. The normalized spacial score (nSPS) is 44.5. The lowest BCUT2D eigenvalue weighted by atomic mass is 9.33. The number of carboxylic acids is 1. The van der Waals surface area contributed by atoms with E-state index in [1.54, 1.807) is 0 Å². The molecule has 1 unspecified atom stereocenters. The molecule has 7 aliphatic rings. The standard InChI is InChI=1S/C45H72N2O5S/c1-30(2)33-13-22-45(46-25-28-47-26-16-32(17-27-47)53(8,51)52)24-23-42(6)35(38(33)45)9-10-37-41(5)18-14-34(40(3,4)36(41)15-19-43(37,42)7)31-11-20-44(29-48,21-12-31)39(49)50/h11,14,32-33,35-38,46,48H,1,9-10,12-13,15-29H2,2-8H3,(H,49,50)/t33-,35+,36-,37+,38+,41-,42+,43+,44?,45-/m0/s1. The van der Waals surface area contributed by atoms with E-state index >= 15 is 0 Å². The molecule has 0 bridgehead atoms. The average molecular weight is 753 g/mol. The van der Waals surface area contributed by atoms with E-state index in [4.69, 9.17) is 0 Å². The lowest BCUT2D eigenvalue weighted by Gasteiger charge is -2.72. The Morgan fingerprint density at radius 2 is 1.62 bits per heavy atom. The van der Waals surface area contributed by atoms with Crippen LogP contribution in [0.15, 0.2) is 35.5 Å². The third-order valence-corrected chi connectivity index (χ3v) is 20.1. The molecule has 0 aromatic carbocycles. The molecule has 8 heteroatoms. The van der Waals surface area contributed by atoms with Crippen LogP contribution in [0.4, 0.5) is 0 Å². The summed E-state index contributed by atoms with van der Waals surface area (Å²) >= 11 is 0. The molecule has 7 nitrogen and oxygen atoms in total. The molecule has 7 rings (SSSR count). The number of nitrogens with one attached hydrogen (secondary N) is 1. The summed E-state index contributed by atoms with van der Waals surface area (Å²) in [5, 5.41) is 24.0. The summed E-state index contributed by atoms with van der Waals surface area (Å²) in [6, 6.07) is 0. The number of fused-ring (bicyclic) bond motifs is 7. The molecule has 1 saturated heterocycles. The van der Waals surface area contributed by atoms with Crippen LogP contribution in [0.1, 0.15) is 131 Å². The van der Waals surface area contributed by atoms with Crippen molar-refractivity contribution in [2.45, 2.75) is 142 Å². The highest BCUT2D eigenvalue weighted by molar-refractivity contribution is 7.91. The lowest BCUT2D eigenvalue weighted by Crippen LogP contribution is -2.68. The lowest BCUT2D eigenvalue weighted by molar-refractivity contribution is -0.221. The van der Waals surface area contributed by atoms with Crippen LogP contribution >= 0.6 is 0 Å². The summed E-state index contributed by atoms with van der Waals surface area (Å²) in [5.41, 5.74) is 4.06. The van der Waals surface area contributed by atoms with Crippen molar-refractivity contribution in [1.82, 2.24) is 10.2 Å². The zero-order valence-corrected chi connectivity index (χ0v) is 35.1.